The van der Waals surface area contributed by atoms with Gasteiger partial charge < -0.3 is 4.79 Å². The molecule has 0 amide bonds. The second-order valence-corrected chi connectivity index (χ2v) is 6.12. The van der Waals surface area contributed by atoms with Crippen LogP contribution in [0, 0.1) is 23.7 Å². The molecule has 0 N–H and O–H groups in total. The predicted octanol–water partition coefficient (Wildman–Crippen LogP) is 2.92. The van der Waals surface area contributed by atoms with Gasteiger partial charge in [0.1, 0.15) is 6.29 Å². The molecular formula is C15H20O2. The zero-order chi connectivity index (χ0) is 11.8. The van der Waals surface area contributed by atoms with E-state index in [0.29, 0.717) is 24.7 Å². The average molecular weight is 232 g/mol. The van der Waals surface area contributed by atoms with E-state index in [9.17, 15) is 9.59 Å². The van der Waals surface area contributed by atoms with Crippen LogP contribution in [0.3, 0.4) is 0 Å². The van der Waals surface area contributed by atoms with Crippen LogP contribution in [-0.4, -0.2) is 12.1 Å². The van der Waals surface area contributed by atoms with E-state index in [1.165, 1.54) is 37.7 Å². The highest BCUT2D eigenvalue weighted by Gasteiger charge is 2.45. The van der Waals surface area contributed by atoms with E-state index < -0.39 is 0 Å². The van der Waals surface area contributed by atoms with Gasteiger partial charge in [-0.3, -0.25) is 4.79 Å². The Morgan fingerprint density at radius 3 is 2.18 bits per heavy atom. The highest BCUT2D eigenvalue weighted by Crippen LogP contribution is 2.56. The fourth-order valence-corrected chi connectivity index (χ4v) is 4.42. The average Bonchev–Trinajstić information content (AvgIpc) is 2.30. The standard InChI is InChI=1S/C15H20O2/c16-3-1-2-14(17)9-15-12-5-10-4-11(7-12)8-13(15)6-10/h3,9-13H,1-2,4-8H2. The number of allylic oxidation sites excluding steroid dienone is 2. The predicted molar refractivity (Wildman–Crippen MR) is 65.4 cm³/mol. The first-order valence-corrected chi connectivity index (χ1v) is 6.94. The van der Waals surface area contributed by atoms with Gasteiger partial charge in [-0.1, -0.05) is 5.57 Å². The Kier molecular flexibility index (Phi) is 2.89. The lowest BCUT2D eigenvalue weighted by Crippen LogP contribution is -2.40. The van der Waals surface area contributed by atoms with Gasteiger partial charge in [0.25, 0.3) is 0 Å². The van der Waals surface area contributed by atoms with Crippen LogP contribution in [0.1, 0.15) is 44.9 Å². The van der Waals surface area contributed by atoms with Gasteiger partial charge >= 0.3 is 0 Å². The van der Waals surface area contributed by atoms with Crippen LogP contribution in [-0.2, 0) is 9.59 Å². The zero-order valence-corrected chi connectivity index (χ0v) is 10.2. The molecule has 4 aliphatic rings. The molecule has 4 bridgehead atoms. The molecule has 4 rings (SSSR count). The molecule has 2 heteroatoms. The molecule has 0 aliphatic heterocycles. The lowest BCUT2D eigenvalue weighted by Gasteiger charge is -2.51. The molecule has 0 aromatic heterocycles. The molecule has 0 saturated heterocycles. The zero-order valence-electron chi connectivity index (χ0n) is 10.2. The molecule has 0 spiro atoms. The number of carbonyl (C=O) groups is 2. The van der Waals surface area contributed by atoms with Crippen molar-refractivity contribution in [3.05, 3.63) is 11.6 Å². The third-order valence-electron chi connectivity index (χ3n) is 4.92. The van der Waals surface area contributed by atoms with E-state index in [-0.39, 0.29) is 5.78 Å². The minimum absolute atomic E-state index is 0.166. The van der Waals surface area contributed by atoms with Crippen LogP contribution >= 0.6 is 0 Å². The van der Waals surface area contributed by atoms with Gasteiger partial charge in [-0.2, -0.15) is 0 Å². The summed E-state index contributed by atoms with van der Waals surface area (Å²) in [5, 5.41) is 0. The molecule has 0 aromatic carbocycles. The maximum atomic E-state index is 11.8. The van der Waals surface area contributed by atoms with Crippen molar-refractivity contribution in [2.45, 2.75) is 44.9 Å². The second-order valence-electron chi connectivity index (χ2n) is 6.12. The molecule has 0 unspecified atom stereocenters. The van der Waals surface area contributed by atoms with Crippen molar-refractivity contribution in [2.75, 3.05) is 0 Å². The van der Waals surface area contributed by atoms with Gasteiger partial charge in [0.2, 0.25) is 0 Å². The molecule has 4 saturated carbocycles. The molecule has 0 aromatic rings. The summed E-state index contributed by atoms with van der Waals surface area (Å²) in [5.74, 6) is 3.46. The molecule has 4 aliphatic carbocycles. The molecule has 17 heavy (non-hydrogen) atoms. The van der Waals surface area contributed by atoms with E-state index >= 15 is 0 Å². The normalized spacial score (nSPS) is 38.2. The first-order chi connectivity index (χ1) is 8.26. The Hall–Kier alpha value is -0.920. The maximum absolute atomic E-state index is 11.8. The molecule has 4 fully saturated rings. The van der Waals surface area contributed by atoms with Gasteiger partial charge in [0.15, 0.2) is 5.78 Å². The van der Waals surface area contributed by atoms with Crippen LogP contribution < -0.4 is 0 Å². The van der Waals surface area contributed by atoms with Crippen LogP contribution in [0.15, 0.2) is 11.6 Å². The fourth-order valence-electron chi connectivity index (χ4n) is 4.42. The number of carbonyl (C=O) groups excluding carboxylic acids is 2. The van der Waals surface area contributed by atoms with Crippen LogP contribution in [0.2, 0.25) is 0 Å². The number of aldehydes is 1. The summed E-state index contributed by atoms with van der Waals surface area (Å²) in [6.07, 6.45) is 10.2. The monoisotopic (exact) mass is 232 g/mol. The number of rotatable bonds is 4. The number of hydrogen-bond donors (Lipinski definition) is 0. The van der Waals surface area contributed by atoms with Crippen molar-refractivity contribution in [1.29, 1.82) is 0 Å². The van der Waals surface area contributed by atoms with Gasteiger partial charge in [0.05, 0.1) is 0 Å². The van der Waals surface area contributed by atoms with E-state index in [2.05, 4.69) is 0 Å². The van der Waals surface area contributed by atoms with Gasteiger partial charge in [0, 0.05) is 12.8 Å². The van der Waals surface area contributed by atoms with E-state index in [4.69, 9.17) is 0 Å². The molecular weight excluding hydrogens is 212 g/mol. The Labute approximate surface area is 102 Å². The van der Waals surface area contributed by atoms with Crippen molar-refractivity contribution in [3.63, 3.8) is 0 Å². The summed E-state index contributed by atoms with van der Waals surface area (Å²) in [5.41, 5.74) is 1.44. The van der Waals surface area contributed by atoms with Gasteiger partial charge in [-0.05, 0) is 61.9 Å². The maximum Gasteiger partial charge on any atom is 0.156 e. The van der Waals surface area contributed by atoms with Crippen LogP contribution in [0.25, 0.3) is 0 Å². The molecule has 0 atom stereocenters. The van der Waals surface area contributed by atoms with Crippen LogP contribution in [0.5, 0.6) is 0 Å². The fraction of sp³-hybridized carbons (Fsp3) is 0.733. The third-order valence-corrected chi connectivity index (χ3v) is 4.92. The van der Waals surface area contributed by atoms with Crippen LogP contribution in [0.4, 0.5) is 0 Å². The van der Waals surface area contributed by atoms with Crippen molar-refractivity contribution in [3.8, 4) is 0 Å². The highest BCUT2D eigenvalue weighted by atomic mass is 16.1. The summed E-state index contributed by atoms with van der Waals surface area (Å²) in [6, 6.07) is 0. The minimum atomic E-state index is 0.166. The summed E-state index contributed by atoms with van der Waals surface area (Å²) in [7, 11) is 0. The summed E-state index contributed by atoms with van der Waals surface area (Å²) in [4.78, 5) is 22.0. The second kappa shape index (κ2) is 4.40. The molecule has 2 nitrogen and oxygen atoms in total. The molecule has 0 heterocycles. The summed E-state index contributed by atoms with van der Waals surface area (Å²) >= 11 is 0. The quantitative estimate of drug-likeness (QED) is 0.551. The third kappa shape index (κ3) is 2.10. The summed E-state index contributed by atoms with van der Waals surface area (Å²) in [6.45, 7) is 0. The van der Waals surface area contributed by atoms with Crippen molar-refractivity contribution in [1.82, 2.24) is 0 Å². The van der Waals surface area contributed by atoms with Crippen molar-refractivity contribution < 1.29 is 9.59 Å². The van der Waals surface area contributed by atoms with E-state index in [0.717, 1.165) is 18.1 Å². The highest BCUT2D eigenvalue weighted by molar-refractivity contribution is 5.91. The van der Waals surface area contributed by atoms with Crippen molar-refractivity contribution in [2.24, 2.45) is 23.7 Å². The smallest absolute Gasteiger partial charge is 0.156 e. The first-order valence-electron chi connectivity index (χ1n) is 6.94. The first kappa shape index (κ1) is 11.2. The van der Waals surface area contributed by atoms with Crippen molar-refractivity contribution >= 4 is 12.1 Å². The van der Waals surface area contributed by atoms with E-state index in [1.54, 1.807) is 0 Å². The number of ketones is 1. The largest absolute Gasteiger partial charge is 0.303 e. The Bertz CT molecular complexity index is 337. The topological polar surface area (TPSA) is 34.1 Å². The Morgan fingerprint density at radius 1 is 1.06 bits per heavy atom. The van der Waals surface area contributed by atoms with Gasteiger partial charge in [-0.15, -0.1) is 0 Å². The van der Waals surface area contributed by atoms with Gasteiger partial charge in [-0.25, -0.2) is 0 Å². The van der Waals surface area contributed by atoms with E-state index in [1.807, 2.05) is 6.08 Å². The lowest BCUT2D eigenvalue weighted by atomic mass is 9.54. The lowest BCUT2D eigenvalue weighted by molar-refractivity contribution is -0.117. The number of hydrogen-bond acceptors (Lipinski definition) is 2. The Balaban J connectivity index is 1.73. The molecule has 0 radical (unpaired) electrons. The summed E-state index contributed by atoms with van der Waals surface area (Å²) < 4.78 is 0. The SMILES string of the molecule is O=CCCC(=O)C=C1C2CC3CC(C2)CC1C3. The molecule has 92 valence electrons. The Morgan fingerprint density at radius 2 is 1.65 bits per heavy atom. The minimum Gasteiger partial charge on any atom is -0.303 e.